The number of rotatable bonds is 2. The van der Waals surface area contributed by atoms with E-state index in [9.17, 15) is 0 Å². The quantitative estimate of drug-likeness (QED) is 0.859. The third-order valence-corrected chi connectivity index (χ3v) is 3.40. The van der Waals surface area contributed by atoms with Crippen molar-refractivity contribution in [3.05, 3.63) is 69.2 Å². The van der Waals surface area contributed by atoms with E-state index in [4.69, 9.17) is 28.9 Å². The Morgan fingerprint density at radius 1 is 1.00 bits per heavy atom. The van der Waals surface area contributed by atoms with Crippen LogP contribution in [0.15, 0.2) is 42.5 Å². The lowest BCUT2D eigenvalue weighted by atomic mass is 9.96. The minimum Gasteiger partial charge on any atom is -0.320 e. The number of benzene rings is 2. The minimum atomic E-state index is -0.248. The summed E-state index contributed by atoms with van der Waals surface area (Å²) >= 11 is 12.1. The molecule has 0 spiro atoms. The lowest BCUT2D eigenvalue weighted by Gasteiger charge is -2.16. The molecule has 2 aromatic rings. The molecule has 0 aliphatic rings. The highest BCUT2D eigenvalue weighted by Gasteiger charge is 2.14. The van der Waals surface area contributed by atoms with Gasteiger partial charge in [0.25, 0.3) is 0 Å². The second kappa shape index (κ2) is 5.09. The van der Waals surface area contributed by atoms with Crippen molar-refractivity contribution in [3.8, 4) is 0 Å². The summed E-state index contributed by atoms with van der Waals surface area (Å²) < 4.78 is 0. The Morgan fingerprint density at radius 3 is 2.41 bits per heavy atom. The van der Waals surface area contributed by atoms with Crippen LogP contribution >= 0.6 is 23.2 Å². The molecular weight excluding hydrogens is 253 g/mol. The molecule has 0 saturated carbocycles. The van der Waals surface area contributed by atoms with E-state index >= 15 is 0 Å². The predicted molar refractivity (Wildman–Crippen MR) is 73.7 cm³/mol. The van der Waals surface area contributed by atoms with Crippen molar-refractivity contribution in [1.82, 2.24) is 0 Å². The summed E-state index contributed by atoms with van der Waals surface area (Å²) in [6, 6.07) is 13.1. The molecule has 2 rings (SSSR count). The Bertz CT molecular complexity index is 537. The molecule has 0 radical (unpaired) electrons. The smallest absolute Gasteiger partial charge is 0.0569 e. The van der Waals surface area contributed by atoms with Crippen molar-refractivity contribution in [1.29, 1.82) is 0 Å². The van der Waals surface area contributed by atoms with Crippen LogP contribution in [0.5, 0.6) is 0 Å². The van der Waals surface area contributed by atoms with Gasteiger partial charge in [0.15, 0.2) is 0 Å². The van der Waals surface area contributed by atoms with Crippen LogP contribution in [0.4, 0.5) is 0 Å². The van der Waals surface area contributed by atoms with E-state index in [-0.39, 0.29) is 6.04 Å². The maximum atomic E-state index is 6.24. The zero-order valence-electron chi connectivity index (χ0n) is 9.45. The molecule has 1 atom stereocenters. The summed E-state index contributed by atoms with van der Waals surface area (Å²) in [7, 11) is 0. The number of aryl methyl sites for hydroxylation is 1. The number of hydrogen-bond acceptors (Lipinski definition) is 1. The maximum Gasteiger partial charge on any atom is 0.0569 e. The van der Waals surface area contributed by atoms with Gasteiger partial charge in [0.2, 0.25) is 0 Å². The fourth-order valence-corrected chi connectivity index (χ4v) is 2.27. The molecule has 0 heterocycles. The van der Waals surface area contributed by atoms with Crippen LogP contribution < -0.4 is 5.73 Å². The van der Waals surface area contributed by atoms with E-state index in [0.29, 0.717) is 10.0 Å². The molecule has 1 nitrogen and oxygen atoms in total. The lowest BCUT2D eigenvalue weighted by Crippen LogP contribution is -2.13. The average molecular weight is 266 g/mol. The molecule has 0 fully saturated rings. The molecule has 0 amide bonds. The van der Waals surface area contributed by atoms with E-state index in [1.165, 1.54) is 0 Å². The Hall–Kier alpha value is -1.02. The molecule has 0 bridgehead atoms. The molecule has 2 aromatic carbocycles. The highest BCUT2D eigenvalue weighted by molar-refractivity contribution is 6.33. The van der Waals surface area contributed by atoms with Crippen LogP contribution in [0.1, 0.15) is 22.7 Å². The van der Waals surface area contributed by atoms with Crippen LogP contribution in [0.3, 0.4) is 0 Å². The van der Waals surface area contributed by atoms with Gasteiger partial charge in [0.1, 0.15) is 0 Å². The molecule has 0 aromatic heterocycles. The van der Waals surface area contributed by atoms with E-state index in [2.05, 4.69) is 0 Å². The SMILES string of the molecule is Cc1ccccc1C(N)c1cc(Cl)ccc1Cl. The summed E-state index contributed by atoms with van der Waals surface area (Å²) in [6.07, 6.45) is 0. The Morgan fingerprint density at radius 2 is 1.71 bits per heavy atom. The third-order valence-electron chi connectivity index (χ3n) is 2.82. The van der Waals surface area contributed by atoms with Gasteiger partial charge in [0, 0.05) is 10.0 Å². The number of hydrogen-bond donors (Lipinski definition) is 1. The first-order valence-electron chi connectivity index (χ1n) is 5.35. The molecule has 0 saturated heterocycles. The highest BCUT2D eigenvalue weighted by atomic mass is 35.5. The van der Waals surface area contributed by atoms with Gasteiger partial charge in [-0.3, -0.25) is 0 Å². The number of halogens is 2. The van der Waals surface area contributed by atoms with Gasteiger partial charge in [-0.1, -0.05) is 47.5 Å². The van der Waals surface area contributed by atoms with E-state index in [0.717, 1.165) is 16.7 Å². The van der Waals surface area contributed by atoms with Crippen molar-refractivity contribution in [2.75, 3.05) is 0 Å². The standard InChI is InChI=1S/C14H13Cl2N/c1-9-4-2-3-5-11(9)14(17)12-8-10(15)6-7-13(12)16/h2-8,14H,17H2,1H3. The fourth-order valence-electron chi connectivity index (χ4n) is 1.86. The summed E-state index contributed by atoms with van der Waals surface area (Å²) in [5, 5.41) is 1.29. The normalized spacial score (nSPS) is 12.5. The summed E-state index contributed by atoms with van der Waals surface area (Å²) in [4.78, 5) is 0. The molecular formula is C14H13Cl2N. The van der Waals surface area contributed by atoms with Crippen molar-refractivity contribution in [3.63, 3.8) is 0 Å². The molecule has 17 heavy (non-hydrogen) atoms. The largest absolute Gasteiger partial charge is 0.320 e. The molecule has 88 valence electrons. The van der Waals surface area contributed by atoms with Crippen LogP contribution in [-0.2, 0) is 0 Å². The summed E-state index contributed by atoms with van der Waals surface area (Å²) in [5.41, 5.74) is 9.31. The molecule has 0 aliphatic carbocycles. The maximum absolute atomic E-state index is 6.24. The van der Waals surface area contributed by atoms with Crippen molar-refractivity contribution < 1.29 is 0 Å². The average Bonchev–Trinajstić information content (AvgIpc) is 2.32. The first kappa shape index (κ1) is 12.4. The van der Waals surface area contributed by atoms with E-state index < -0.39 is 0 Å². The summed E-state index contributed by atoms with van der Waals surface area (Å²) in [6.45, 7) is 2.04. The topological polar surface area (TPSA) is 26.0 Å². The minimum absolute atomic E-state index is 0.248. The van der Waals surface area contributed by atoms with Crippen LogP contribution in [0.25, 0.3) is 0 Å². The fraction of sp³-hybridized carbons (Fsp3) is 0.143. The Kier molecular flexibility index (Phi) is 3.72. The van der Waals surface area contributed by atoms with Crippen molar-refractivity contribution >= 4 is 23.2 Å². The molecule has 3 heteroatoms. The molecule has 0 aliphatic heterocycles. The van der Waals surface area contributed by atoms with E-state index in [1.54, 1.807) is 12.1 Å². The first-order chi connectivity index (χ1) is 8.09. The second-order valence-corrected chi connectivity index (χ2v) is 4.84. The lowest BCUT2D eigenvalue weighted by molar-refractivity contribution is 0.862. The Labute approximate surface area is 111 Å². The van der Waals surface area contributed by atoms with Gasteiger partial charge in [-0.05, 0) is 41.8 Å². The van der Waals surface area contributed by atoms with Crippen molar-refractivity contribution in [2.24, 2.45) is 5.73 Å². The number of nitrogens with two attached hydrogens (primary N) is 1. The van der Waals surface area contributed by atoms with Gasteiger partial charge in [0.05, 0.1) is 6.04 Å². The Balaban J connectivity index is 2.47. The predicted octanol–water partition coefficient (Wildman–Crippen LogP) is 4.35. The van der Waals surface area contributed by atoms with Gasteiger partial charge >= 0.3 is 0 Å². The van der Waals surface area contributed by atoms with Gasteiger partial charge in [-0.15, -0.1) is 0 Å². The zero-order valence-corrected chi connectivity index (χ0v) is 11.0. The summed E-state index contributed by atoms with van der Waals surface area (Å²) in [5.74, 6) is 0. The van der Waals surface area contributed by atoms with Crippen molar-refractivity contribution in [2.45, 2.75) is 13.0 Å². The highest BCUT2D eigenvalue weighted by Crippen LogP contribution is 2.30. The molecule has 2 N–H and O–H groups in total. The van der Waals surface area contributed by atoms with Crippen LogP contribution in [0.2, 0.25) is 10.0 Å². The van der Waals surface area contributed by atoms with Gasteiger partial charge < -0.3 is 5.73 Å². The van der Waals surface area contributed by atoms with Gasteiger partial charge in [-0.25, -0.2) is 0 Å². The van der Waals surface area contributed by atoms with Gasteiger partial charge in [-0.2, -0.15) is 0 Å². The van der Waals surface area contributed by atoms with Crippen LogP contribution in [-0.4, -0.2) is 0 Å². The van der Waals surface area contributed by atoms with E-state index in [1.807, 2.05) is 37.3 Å². The molecule has 1 unspecified atom stereocenters. The monoisotopic (exact) mass is 265 g/mol. The first-order valence-corrected chi connectivity index (χ1v) is 6.11. The third kappa shape index (κ3) is 2.63. The van der Waals surface area contributed by atoms with Crippen LogP contribution in [0, 0.1) is 6.92 Å². The zero-order chi connectivity index (χ0) is 12.4. The second-order valence-electron chi connectivity index (χ2n) is 4.00.